The quantitative estimate of drug-likeness (QED) is 0.710. The molecular formula is C20H29N3. The molecule has 2 aromatic rings. The molecule has 1 aliphatic heterocycles. The Morgan fingerprint density at radius 1 is 0.870 bits per heavy atom. The number of anilines is 1. The third kappa shape index (κ3) is 4.44. The van der Waals surface area contributed by atoms with E-state index in [0.29, 0.717) is 0 Å². The van der Waals surface area contributed by atoms with Crippen LogP contribution < -0.4 is 4.90 Å². The van der Waals surface area contributed by atoms with Crippen LogP contribution in [0.1, 0.15) is 39.0 Å². The van der Waals surface area contributed by atoms with E-state index < -0.39 is 0 Å². The minimum Gasteiger partial charge on any atom is -0.354 e. The zero-order valence-electron chi connectivity index (χ0n) is 14.4. The lowest BCUT2D eigenvalue weighted by Gasteiger charge is -2.35. The van der Waals surface area contributed by atoms with Gasteiger partial charge in [-0.1, -0.05) is 50.8 Å². The molecule has 3 heteroatoms. The Morgan fingerprint density at radius 2 is 1.65 bits per heavy atom. The first-order chi connectivity index (χ1) is 11.4. The molecule has 3 nitrogen and oxygen atoms in total. The van der Waals surface area contributed by atoms with Crippen LogP contribution in [0.3, 0.4) is 0 Å². The second-order valence-corrected chi connectivity index (χ2v) is 6.61. The van der Waals surface area contributed by atoms with Gasteiger partial charge in [-0.15, -0.1) is 0 Å². The summed E-state index contributed by atoms with van der Waals surface area (Å²) in [5, 5.41) is 1.22. The first kappa shape index (κ1) is 16.3. The highest BCUT2D eigenvalue weighted by molar-refractivity contribution is 5.80. The third-order valence-corrected chi connectivity index (χ3v) is 4.86. The SMILES string of the molecule is CCCCCCCN1CCN(c2ccc3ccccc3n2)CC1. The van der Waals surface area contributed by atoms with Crippen LogP contribution in [-0.4, -0.2) is 42.6 Å². The van der Waals surface area contributed by atoms with Crippen LogP contribution in [0.25, 0.3) is 10.9 Å². The van der Waals surface area contributed by atoms with Crippen molar-refractivity contribution in [2.75, 3.05) is 37.6 Å². The Kier molecular flexibility index (Phi) is 5.87. The Labute approximate surface area is 140 Å². The van der Waals surface area contributed by atoms with E-state index in [-0.39, 0.29) is 0 Å². The zero-order chi connectivity index (χ0) is 15.9. The second-order valence-electron chi connectivity index (χ2n) is 6.61. The van der Waals surface area contributed by atoms with Crippen molar-refractivity contribution in [3.8, 4) is 0 Å². The predicted octanol–water partition coefficient (Wildman–Crippen LogP) is 4.33. The number of para-hydroxylation sites is 1. The molecule has 0 N–H and O–H groups in total. The Balaban J connectivity index is 1.48. The van der Waals surface area contributed by atoms with Crippen LogP contribution in [0.2, 0.25) is 0 Å². The van der Waals surface area contributed by atoms with Crippen molar-refractivity contribution in [1.82, 2.24) is 9.88 Å². The number of rotatable bonds is 7. The van der Waals surface area contributed by atoms with Gasteiger partial charge in [-0.05, 0) is 31.2 Å². The number of hydrogen-bond donors (Lipinski definition) is 0. The lowest BCUT2D eigenvalue weighted by Crippen LogP contribution is -2.46. The highest BCUT2D eigenvalue weighted by atomic mass is 15.3. The lowest BCUT2D eigenvalue weighted by atomic mass is 10.1. The highest BCUT2D eigenvalue weighted by Gasteiger charge is 2.17. The number of aromatic nitrogens is 1. The first-order valence-electron chi connectivity index (χ1n) is 9.20. The number of hydrogen-bond acceptors (Lipinski definition) is 3. The highest BCUT2D eigenvalue weighted by Crippen LogP contribution is 2.19. The Morgan fingerprint density at radius 3 is 2.48 bits per heavy atom. The minimum absolute atomic E-state index is 1.10. The van der Waals surface area contributed by atoms with E-state index in [4.69, 9.17) is 4.98 Å². The molecule has 0 spiro atoms. The van der Waals surface area contributed by atoms with Crippen molar-refractivity contribution < 1.29 is 0 Å². The maximum Gasteiger partial charge on any atom is 0.129 e. The minimum atomic E-state index is 1.10. The molecule has 0 saturated carbocycles. The van der Waals surface area contributed by atoms with Gasteiger partial charge in [-0.25, -0.2) is 4.98 Å². The number of piperazine rings is 1. The number of nitrogens with zero attached hydrogens (tertiary/aromatic N) is 3. The molecule has 23 heavy (non-hydrogen) atoms. The van der Waals surface area contributed by atoms with Gasteiger partial charge in [-0.2, -0.15) is 0 Å². The van der Waals surface area contributed by atoms with E-state index >= 15 is 0 Å². The smallest absolute Gasteiger partial charge is 0.129 e. The topological polar surface area (TPSA) is 19.4 Å². The molecule has 0 bridgehead atoms. The average molecular weight is 311 g/mol. The van der Waals surface area contributed by atoms with E-state index in [1.54, 1.807) is 0 Å². The summed E-state index contributed by atoms with van der Waals surface area (Å²) in [6.45, 7) is 8.08. The molecule has 1 fully saturated rings. The number of fused-ring (bicyclic) bond motifs is 1. The number of pyridine rings is 1. The molecule has 0 unspecified atom stereocenters. The Hall–Kier alpha value is -1.61. The van der Waals surface area contributed by atoms with Crippen LogP contribution >= 0.6 is 0 Å². The summed E-state index contributed by atoms with van der Waals surface area (Å²) in [5.74, 6) is 1.13. The van der Waals surface area contributed by atoms with E-state index in [0.717, 1.165) is 24.4 Å². The average Bonchev–Trinajstić information content (AvgIpc) is 2.62. The fraction of sp³-hybridized carbons (Fsp3) is 0.550. The molecule has 0 atom stereocenters. The van der Waals surface area contributed by atoms with Crippen molar-refractivity contribution in [2.24, 2.45) is 0 Å². The summed E-state index contributed by atoms with van der Waals surface area (Å²) in [5.41, 5.74) is 1.10. The van der Waals surface area contributed by atoms with Gasteiger partial charge < -0.3 is 4.90 Å². The van der Waals surface area contributed by atoms with E-state index in [2.05, 4.69) is 53.1 Å². The largest absolute Gasteiger partial charge is 0.354 e. The molecule has 1 aliphatic rings. The van der Waals surface area contributed by atoms with E-state index in [1.165, 1.54) is 57.1 Å². The molecule has 3 rings (SSSR count). The van der Waals surface area contributed by atoms with Gasteiger partial charge in [0.1, 0.15) is 5.82 Å². The third-order valence-electron chi connectivity index (χ3n) is 4.86. The second kappa shape index (κ2) is 8.30. The van der Waals surface area contributed by atoms with Gasteiger partial charge in [-0.3, -0.25) is 4.90 Å². The number of unbranched alkanes of at least 4 members (excludes halogenated alkanes) is 4. The van der Waals surface area contributed by atoms with Crippen LogP contribution in [0.5, 0.6) is 0 Å². The van der Waals surface area contributed by atoms with Crippen molar-refractivity contribution in [3.63, 3.8) is 0 Å². The van der Waals surface area contributed by atoms with Gasteiger partial charge >= 0.3 is 0 Å². The van der Waals surface area contributed by atoms with Gasteiger partial charge in [0.15, 0.2) is 0 Å². The Bertz CT molecular complexity index is 603. The monoisotopic (exact) mass is 311 g/mol. The predicted molar refractivity (Wildman–Crippen MR) is 99.2 cm³/mol. The molecular weight excluding hydrogens is 282 g/mol. The molecule has 1 saturated heterocycles. The molecule has 2 heterocycles. The molecule has 124 valence electrons. The summed E-state index contributed by atoms with van der Waals surface area (Å²) in [4.78, 5) is 9.87. The number of benzene rings is 1. The van der Waals surface area contributed by atoms with Gasteiger partial charge in [0.05, 0.1) is 5.52 Å². The maximum absolute atomic E-state index is 4.83. The molecule has 0 aliphatic carbocycles. The van der Waals surface area contributed by atoms with Crippen molar-refractivity contribution in [2.45, 2.75) is 39.0 Å². The standard InChI is InChI=1S/C20H29N3/c1-2-3-4-5-8-13-22-14-16-23(17-15-22)20-12-11-18-9-6-7-10-19(18)21-20/h6-7,9-12H,2-5,8,13-17H2,1H3. The van der Waals surface area contributed by atoms with Crippen molar-refractivity contribution >= 4 is 16.7 Å². The van der Waals surface area contributed by atoms with Crippen molar-refractivity contribution in [1.29, 1.82) is 0 Å². The van der Waals surface area contributed by atoms with Crippen LogP contribution in [-0.2, 0) is 0 Å². The normalized spacial score (nSPS) is 16.1. The van der Waals surface area contributed by atoms with Gasteiger partial charge in [0, 0.05) is 31.6 Å². The van der Waals surface area contributed by atoms with Gasteiger partial charge in [0.2, 0.25) is 0 Å². The fourth-order valence-electron chi connectivity index (χ4n) is 3.37. The van der Waals surface area contributed by atoms with Crippen LogP contribution in [0, 0.1) is 0 Å². The summed E-state index contributed by atoms with van der Waals surface area (Å²) in [7, 11) is 0. The molecule has 0 amide bonds. The van der Waals surface area contributed by atoms with E-state index in [1.807, 2.05) is 0 Å². The summed E-state index contributed by atoms with van der Waals surface area (Å²) < 4.78 is 0. The maximum atomic E-state index is 4.83. The molecule has 1 aromatic carbocycles. The lowest BCUT2D eigenvalue weighted by molar-refractivity contribution is 0.251. The molecule has 1 aromatic heterocycles. The fourth-order valence-corrected chi connectivity index (χ4v) is 3.37. The van der Waals surface area contributed by atoms with Crippen LogP contribution in [0.15, 0.2) is 36.4 Å². The van der Waals surface area contributed by atoms with Crippen LogP contribution in [0.4, 0.5) is 5.82 Å². The van der Waals surface area contributed by atoms with Crippen molar-refractivity contribution in [3.05, 3.63) is 36.4 Å². The van der Waals surface area contributed by atoms with Gasteiger partial charge in [0.25, 0.3) is 0 Å². The summed E-state index contributed by atoms with van der Waals surface area (Å²) >= 11 is 0. The zero-order valence-corrected chi connectivity index (χ0v) is 14.4. The first-order valence-corrected chi connectivity index (χ1v) is 9.20. The van der Waals surface area contributed by atoms with E-state index in [9.17, 15) is 0 Å². The molecule has 0 radical (unpaired) electrons. The summed E-state index contributed by atoms with van der Waals surface area (Å²) in [6, 6.07) is 12.7. The summed E-state index contributed by atoms with van der Waals surface area (Å²) in [6.07, 6.45) is 6.87.